The average Bonchev–Trinajstić information content (AvgIpc) is 2.51. The van der Waals surface area contributed by atoms with E-state index in [1.54, 1.807) is 12.1 Å². The molecule has 8 nitrogen and oxygen atoms in total. The van der Waals surface area contributed by atoms with Gasteiger partial charge in [-0.25, -0.2) is 4.79 Å². The maximum Gasteiger partial charge on any atom is 0.331 e. The van der Waals surface area contributed by atoms with Crippen LogP contribution in [-0.4, -0.2) is 29.0 Å². The largest absolute Gasteiger partial charge is 0.454 e. The summed E-state index contributed by atoms with van der Waals surface area (Å²) >= 11 is 0. The number of ether oxygens (including phenoxy) is 1. The summed E-state index contributed by atoms with van der Waals surface area (Å²) in [5.74, 6) is -2.75. The van der Waals surface area contributed by atoms with Crippen molar-refractivity contribution >= 4 is 29.2 Å². The van der Waals surface area contributed by atoms with Gasteiger partial charge in [0.1, 0.15) is 5.92 Å². The Balaban J connectivity index is 2.62. The Hall–Kier alpha value is -3.34. The Labute approximate surface area is 131 Å². The maximum absolute atomic E-state index is 11.6. The molecule has 1 aromatic rings. The van der Waals surface area contributed by atoms with Gasteiger partial charge in [0, 0.05) is 23.9 Å². The van der Waals surface area contributed by atoms with Gasteiger partial charge in [0.15, 0.2) is 12.4 Å². The third kappa shape index (κ3) is 5.51. The van der Waals surface area contributed by atoms with E-state index in [-0.39, 0.29) is 11.4 Å². The van der Waals surface area contributed by atoms with Crippen molar-refractivity contribution in [3.63, 3.8) is 0 Å². The van der Waals surface area contributed by atoms with Crippen molar-refractivity contribution in [1.29, 1.82) is 10.7 Å². The molecule has 1 N–H and O–H groups in total. The molecule has 1 aromatic carbocycles. The number of esters is 1. The van der Waals surface area contributed by atoms with Gasteiger partial charge in [-0.2, -0.15) is 5.26 Å². The second-order valence-electron chi connectivity index (χ2n) is 4.50. The zero-order valence-corrected chi connectivity index (χ0v) is 12.2. The lowest BCUT2D eigenvalue weighted by molar-refractivity contribution is -0.384. The van der Waals surface area contributed by atoms with Gasteiger partial charge in [-0.3, -0.25) is 14.9 Å². The Morgan fingerprint density at radius 2 is 2.22 bits per heavy atom. The number of benzene rings is 1. The van der Waals surface area contributed by atoms with Gasteiger partial charge in [0.2, 0.25) is 0 Å². The molecule has 0 saturated carbocycles. The highest BCUT2D eigenvalue weighted by atomic mass is 16.6. The van der Waals surface area contributed by atoms with E-state index in [9.17, 15) is 19.7 Å². The molecular weight excluding hydrogens is 302 g/mol. The summed E-state index contributed by atoms with van der Waals surface area (Å²) in [7, 11) is 0. The van der Waals surface area contributed by atoms with E-state index in [1.165, 1.54) is 31.2 Å². The number of hydrogen-bond acceptors (Lipinski definition) is 7. The minimum atomic E-state index is -1.23. The topological polar surface area (TPSA) is 134 Å². The molecule has 23 heavy (non-hydrogen) atoms. The van der Waals surface area contributed by atoms with Crippen molar-refractivity contribution in [1.82, 2.24) is 0 Å². The molecule has 8 heteroatoms. The zero-order chi connectivity index (χ0) is 17.4. The number of nitro benzene ring substituents is 1. The average molecular weight is 315 g/mol. The number of rotatable bonds is 7. The molecule has 0 amide bonds. The fraction of sp³-hybridized carbons (Fsp3) is 0.200. The molecule has 0 fully saturated rings. The summed E-state index contributed by atoms with van der Waals surface area (Å²) < 4.78 is 4.68. The van der Waals surface area contributed by atoms with E-state index in [4.69, 9.17) is 10.7 Å². The van der Waals surface area contributed by atoms with Gasteiger partial charge >= 0.3 is 5.97 Å². The van der Waals surface area contributed by atoms with Crippen LogP contribution in [0.3, 0.4) is 0 Å². The van der Waals surface area contributed by atoms with Gasteiger partial charge in [-0.1, -0.05) is 12.1 Å². The molecule has 0 saturated heterocycles. The van der Waals surface area contributed by atoms with Crippen molar-refractivity contribution in [3.05, 3.63) is 46.0 Å². The smallest absolute Gasteiger partial charge is 0.331 e. The van der Waals surface area contributed by atoms with E-state index < -0.39 is 29.2 Å². The Morgan fingerprint density at radius 3 is 2.78 bits per heavy atom. The number of nitro groups is 1. The normalized spacial score (nSPS) is 11.5. The highest BCUT2D eigenvalue weighted by Crippen LogP contribution is 2.14. The Kier molecular flexibility index (Phi) is 6.30. The maximum atomic E-state index is 11.6. The summed E-state index contributed by atoms with van der Waals surface area (Å²) in [5.41, 5.74) is 0.183. The van der Waals surface area contributed by atoms with E-state index in [0.717, 1.165) is 6.08 Å². The Morgan fingerprint density at radius 1 is 1.52 bits per heavy atom. The van der Waals surface area contributed by atoms with Crippen molar-refractivity contribution in [2.75, 3.05) is 6.61 Å². The van der Waals surface area contributed by atoms with Crippen LogP contribution in [0.15, 0.2) is 30.3 Å². The lowest BCUT2D eigenvalue weighted by atomic mass is 10.0. The Bertz CT molecular complexity index is 718. The van der Waals surface area contributed by atoms with Gasteiger partial charge in [0.05, 0.1) is 11.0 Å². The number of hydrogen-bond donors (Lipinski definition) is 1. The number of carbonyl (C=O) groups excluding carboxylic acids is 2. The highest BCUT2D eigenvalue weighted by Gasteiger charge is 2.20. The predicted octanol–water partition coefficient (Wildman–Crippen LogP) is 1.90. The van der Waals surface area contributed by atoms with Crippen molar-refractivity contribution in [2.45, 2.75) is 6.92 Å². The molecule has 0 radical (unpaired) electrons. The van der Waals surface area contributed by atoms with Crippen LogP contribution >= 0.6 is 0 Å². The SMILES string of the molecule is CC(=N)C(C#N)C(=O)COC(=O)/C=C/c1cccc([N+](=O)[O-])c1. The molecule has 1 unspecified atom stereocenters. The van der Waals surface area contributed by atoms with Gasteiger partial charge in [-0.15, -0.1) is 0 Å². The lowest BCUT2D eigenvalue weighted by Crippen LogP contribution is -2.25. The van der Waals surface area contributed by atoms with E-state index in [0.29, 0.717) is 5.56 Å². The van der Waals surface area contributed by atoms with Gasteiger partial charge < -0.3 is 10.1 Å². The number of nitrogens with zero attached hydrogens (tertiary/aromatic N) is 2. The highest BCUT2D eigenvalue weighted by molar-refractivity contribution is 6.06. The monoisotopic (exact) mass is 315 g/mol. The van der Waals surface area contributed by atoms with Crippen LogP contribution in [0.25, 0.3) is 6.08 Å². The minimum Gasteiger partial charge on any atom is -0.454 e. The van der Waals surface area contributed by atoms with Gasteiger partial charge in [-0.05, 0) is 18.6 Å². The second-order valence-corrected chi connectivity index (χ2v) is 4.50. The van der Waals surface area contributed by atoms with Crippen LogP contribution in [0, 0.1) is 32.8 Å². The summed E-state index contributed by atoms with van der Waals surface area (Å²) in [6, 6.07) is 7.28. The molecule has 0 aliphatic heterocycles. The lowest BCUT2D eigenvalue weighted by Gasteiger charge is -2.05. The third-order valence-electron chi connectivity index (χ3n) is 2.73. The zero-order valence-electron chi connectivity index (χ0n) is 12.2. The van der Waals surface area contributed by atoms with Crippen LogP contribution in [0.2, 0.25) is 0 Å². The molecule has 0 aliphatic rings. The molecule has 0 spiro atoms. The number of ketones is 1. The van der Waals surface area contributed by atoms with Crippen LogP contribution in [0.5, 0.6) is 0 Å². The van der Waals surface area contributed by atoms with E-state index in [1.807, 2.05) is 0 Å². The molecule has 0 aromatic heterocycles. The summed E-state index contributed by atoms with van der Waals surface area (Å²) in [6.45, 7) is 0.697. The first-order chi connectivity index (χ1) is 10.8. The van der Waals surface area contributed by atoms with Crippen LogP contribution < -0.4 is 0 Å². The standard InChI is InChI=1S/C15H13N3O5/c1-10(17)13(8-16)14(19)9-23-15(20)6-5-11-3-2-4-12(7-11)18(21)22/h2-7,13,17H,9H2,1H3/b6-5+,17-10?. The molecule has 1 atom stereocenters. The number of non-ortho nitro benzene ring substituents is 1. The summed E-state index contributed by atoms with van der Waals surface area (Å²) in [5, 5.41) is 26.6. The second kappa shape index (κ2) is 8.19. The van der Waals surface area contributed by atoms with Crippen molar-refractivity contribution < 1.29 is 19.2 Å². The molecule has 0 heterocycles. The summed E-state index contributed by atoms with van der Waals surface area (Å²) in [6.07, 6.45) is 2.33. The minimum absolute atomic E-state index is 0.117. The van der Waals surface area contributed by atoms with Crippen molar-refractivity contribution in [3.8, 4) is 6.07 Å². The first-order valence-corrected chi connectivity index (χ1v) is 6.42. The van der Waals surface area contributed by atoms with Crippen LogP contribution in [-0.2, 0) is 14.3 Å². The predicted molar refractivity (Wildman–Crippen MR) is 80.6 cm³/mol. The first-order valence-electron chi connectivity index (χ1n) is 6.42. The van der Waals surface area contributed by atoms with Crippen molar-refractivity contribution in [2.24, 2.45) is 5.92 Å². The van der Waals surface area contributed by atoms with E-state index in [2.05, 4.69) is 4.74 Å². The number of nitrogens with one attached hydrogen (secondary N) is 1. The third-order valence-corrected chi connectivity index (χ3v) is 2.73. The first kappa shape index (κ1) is 17.7. The fourth-order valence-electron chi connectivity index (χ4n) is 1.59. The van der Waals surface area contributed by atoms with E-state index >= 15 is 0 Å². The van der Waals surface area contributed by atoms with Gasteiger partial charge in [0.25, 0.3) is 5.69 Å². The number of nitriles is 1. The molecule has 118 valence electrons. The van der Waals surface area contributed by atoms with Crippen LogP contribution in [0.1, 0.15) is 12.5 Å². The van der Waals surface area contributed by atoms with Crippen LogP contribution in [0.4, 0.5) is 5.69 Å². The summed E-state index contributed by atoms with van der Waals surface area (Å²) in [4.78, 5) is 33.1. The quantitative estimate of drug-likeness (QED) is 0.268. The number of Topliss-reactive ketones (excluding diaryl/α,β-unsaturated/α-hetero) is 1. The number of carbonyl (C=O) groups is 2. The molecule has 0 bridgehead atoms. The fourth-order valence-corrected chi connectivity index (χ4v) is 1.59. The molecular formula is C15H13N3O5. The molecule has 1 rings (SSSR count). The molecule has 0 aliphatic carbocycles.